The molecule has 84 valence electrons. The number of halogens is 3. The quantitative estimate of drug-likeness (QED) is 0.854. The van der Waals surface area contributed by atoms with E-state index in [4.69, 9.17) is 16.7 Å². The molecule has 0 unspecified atom stereocenters. The zero-order chi connectivity index (χ0) is 11.8. The molecule has 2 rings (SSSR count). The predicted octanol–water partition coefficient (Wildman–Crippen LogP) is 3.58. The topological polar surface area (TPSA) is 20.2 Å². The van der Waals surface area contributed by atoms with Gasteiger partial charge in [-0.3, -0.25) is 0 Å². The molecule has 0 aliphatic rings. The molecule has 0 aliphatic carbocycles. The third-order valence-corrected chi connectivity index (χ3v) is 2.76. The molecule has 0 saturated heterocycles. The van der Waals surface area contributed by atoms with Gasteiger partial charge in [-0.25, -0.2) is 0 Å². The standard InChI is InChI=1S/C12H9ClF2O/c13-10-6-2-4-8-3-1-5-9(11(8)10)12(14,15)7-16/h1-6,16H,7H2. The van der Waals surface area contributed by atoms with Crippen molar-refractivity contribution < 1.29 is 13.9 Å². The predicted molar refractivity (Wildman–Crippen MR) is 59.9 cm³/mol. The lowest BCUT2D eigenvalue weighted by molar-refractivity contribution is -0.0543. The number of aliphatic hydroxyl groups is 1. The number of hydrogen-bond acceptors (Lipinski definition) is 1. The van der Waals surface area contributed by atoms with E-state index in [1.807, 2.05) is 0 Å². The van der Waals surface area contributed by atoms with Gasteiger partial charge in [0.2, 0.25) is 0 Å². The van der Waals surface area contributed by atoms with Crippen molar-refractivity contribution in [3.05, 3.63) is 47.0 Å². The molecule has 0 saturated carbocycles. The Hall–Kier alpha value is -1.19. The van der Waals surface area contributed by atoms with Crippen molar-refractivity contribution in [3.63, 3.8) is 0 Å². The third-order valence-electron chi connectivity index (χ3n) is 2.45. The third kappa shape index (κ3) is 1.77. The molecule has 0 aliphatic heterocycles. The molecule has 0 fully saturated rings. The van der Waals surface area contributed by atoms with Crippen molar-refractivity contribution >= 4 is 22.4 Å². The smallest absolute Gasteiger partial charge is 0.296 e. The van der Waals surface area contributed by atoms with Gasteiger partial charge in [0, 0.05) is 16.0 Å². The SMILES string of the molecule is OCC(F)(F)c1cccc2cccc(Cl)c12. The Balaban J connectivity index is 2.80. The van der Waals surface area contributed by atoms with Gasteiger partial charge in [-0.1, -0.05) is 41.9 Å². The van der Waals surface area contributed by atoms with E-state index in [9.17, 15) is 8.78 Å². The zero-order valence-electron chi connectivity index (χ0n) is 8.25. The van der Waals surface area contributed by atoms with Crippen molar-refractivity contribution in [2.24, 2.45) is 0 Å². The van der Waals surface area contributed by atoms with Gasteiger partial charge in [0.05, 0.1) is 0 Å². The minimum Gasteiger partial charge on any atom is -0.390 e. The first-order valence-electron chi connectivity index (χ1n) is 4.72. The Morgan fingerprint density at radius 2 is 1.75 bits per heavy atom. The largest absolute Gasteiger partial charge is 0.390 e. The summed E-state index contributed by atoms with van der Waals surface area (Å²) in [5.74, 6) is -3.27. The number of alkyl halides is 2. The fourth-order valence-corrected chi connectivity index (χ4v) is 1.97. The van der Waals surface area contributed by atoms with Crippen LogP contribution in [0.1, 0.15) is 5.56 Å². The molecule has 0 aromatic heterocycles. The zero-order valence-corrected chi connectivity index (χ0v) is 9.01. The number of rotatable bonds is 2. The molecule has 0 spiro atoms. The molecule has 0 atom stereocenters. The molecule has 4 heteroatoms. The highest BCUT2D eigenvalue weighted by atomic mass is 35.5. The molecule has 0 heterocycles. The summed E-state index contributed by atoms with van der Waals surface area (Å²) in [7, 11) is 0. The normalized spacial score (nSPS) is 12.0. The Morgan fingerprint density at radius 3 is 2.38 bits per heavy atom. The molecule has 2 aromatic rings. The van der Waals surface area contributed by atoms with Crippen LogP contribution in [0, 0.1) is 0 Å². The summed E-state index contributed by atoms with van der Waals surface area (Å²) in [5.41, 5.74) is -0.238. The molecule has 0 amide bonds. The van der Waals surface area contributed by atoms with Crippen molar-refractivity contribution in [1.29, 1.82) is 0 Å². The Morgan fingerprint density at radius 1 is 1.12 bits per heavy atom. The molecule has 2 aromatic carbocycles. The maximum atomic E-state index is 13.5. The van der Waals surface area contributed by atoms with Gasteiger partial charge < -0.3 is 5.11 Å². The van der Waals surface area contributed by atoms with Crippen LogP contribution in [-0.4, -0.2) is 11.7 Å². The van der Waals surface area contributed by atoms with Gasteiger partial charge in [0.25, 0.3) is 5.92 Å². The highest BCUT2D eigenvalue weighted by Crippen LogP contribution is 2.36. The summed E-state index contributed by atoms with van der Waals surface area (Å²) in [6.07, 6.45) is 0. The second-order valence-electron chi connectivity index (χ2n) is 3.51. The Bertz CT molecular complexity index is 520. The minimum atomic E-state index is -3.27. The number of fused-ring (bicyclic) bond motifs is 1. The molecule has 1 nitrogen and oxygen atoms in total. The highest BCUT2D eigenvalue weighted by Gasteiger charge is 2.32. The van der Waals surface area contributed by atoms with Crippen molar-refractivity contribution in [1.82, 2.24) is 0 Å². The highest BCUT2D eigenvalue weighted by molar-refractivity contribution is 6.35. The van der Waals surface area contributed by atoms with Crippen molar-refractivity contribution in [3.8, 4) is 0 Å². The van der Waals surface area contributed by atoms with Crippen molar-refractivity contribution in [2.45, 2.75) is 5.92 Å². The van der Waals surface area contributed by atoms with Crippen LogP contribution in [0.3, 0.4) is 0 Å². The van der Waals surface area contributed by atoms with E-state index >= 15 is 0 Å². The first-order chi connectivity index (χ1) is 7.56. The van der Waals surface area contributed by atoms with E-state index < -0.39 is 12.5 Å². The van der Waals surface area contributed by atoms with E-state index in [1.54, 1.807) is 24.3 Å². The van der Waals surface area contributed by atoms with Crippen LogP contribution in [0.4, 0.5) is 8.78 Å². The van der Waals surface area contributed by atoms with E-state index in [0.717, 1.165) is 0 Å². The Kier molecular flexibility index (Phi) is 2.82. The first-order valence-corrected chi connectivity index (χ1v) is 5.10. The van der Waals surface area contributed by atoms with Crippen LogP contribution < -0.4 is 0 Å². The summed E-state index contributed by atoms with van der Waals surface area (Å²) >= 11 is 5.91. The van der Waals surface area contributed by atoms with E-state index in [1.165, 1.54) is 12.1 Å². The average molecular weight is 243 g/mol. The fourth-order valence-electron chi connectivity index (χ4n) is 1.69. The molecule has 0 bridgehead atoms. The lowest BCUT2D eigenvalue weighted by Crippen LogP contribution is -2.18. The van der Waals surface area contributed by atoms with Gasteiger partial charge in [0.1, 0.15) is 6.61 Å². The second kappa shape index (κ2) is 4.00. The molecular weight excluding hydrogens is 234 g/mol. The van der Waals surface area contributed by atoms with Crippen LogP contribution in [0.25, 0.3) is 10.8 Å². The monoisotopic (exact) mass is 242 g/mol. The van der Waals surface area contributed by atoms with Crippen LogP contribution in [0.5, 0.6) is 0 Å². The summed E-state index contributed by atoms with van der Waals surface area (Å²) in [4.78, 5) is 0. The maximum absolute atomic E-state index is 13.5. The first kappa shape index (κ1) is 11.3. The van der Waals surface area contributed by atoms with Gasteiger partial charge in [0.15, 0.2) is 0 Å². The van der Waals surface area contributed by atoms with Crippen LogP contribution in [0.15, 0.2) is 36.4 Å². The van der Waals surface area contributed by atoms with Gasteiger partial charge in [-0.15, -0.1) is 0 Å². The molecule has 1 N–H and O–H groups in total. The Labute approximate surface area is 96.3 Å². The lowest BCUT2D eigenvalue weighted by atomic mass is 10.00. The fraction of sp³-hybridized carbons (Fsp3) is 0.167. The summed E-state index contributed by atoms with van der Waals surface area (Å²) in [6, 6.07) is 9.48. The summed E-state index contributed by atoms with van der Waals surface area (Å²) in [5, 5.41) is 9.90. The van der Waals surface area contributed by atoms with E-state index in [-0.39, 0.29) is 10.6 Å². The number of benzene rings is 2. The summed E-state index contributed by atoms with van der Waals surface area (Å²) in [6.45, 7) is -1.22. The number of aliphatic hydroxyl groups excluding tert-OH is 1. The molecular formula is C12H9ClF2O. The summed E-state index contributed by atoms with van der Waals surface area (Å²) < 4.78 is 27.0. The van der Waals surface area contributed by atoms with E-state index in [0.29, 0.717) is 10.8 Å². The maximum Gasteiger partial charge on any atom is 0.296 e. The molecule has 16 heavy (non-hydrogen) atoms. The average Bonchev–Trinajstić information content (AvgIpc) is 2.29. The lowest BCUT2D eigenvalue weighted by Gasteiger charge is -2.16. The second-order valence-corrected chi connectivity index (χ2v) is 3.91. The van der Waals surface area contributed by atoms with Crippen LogP contribution in [-0.2, 0) is 5.92 Å². The van der Waals surface area contributed by atoms with Crippen LogP contribution in [0.2, 0.25) is 5.02 Å². The van der Waals surface area contributed by atoms with Gasteiger partial charge >= 0.3 is 0 Å². The van der Waals surface area contributed by atoms with Gasteiger partial charge in [-0.2, -0.15) is 8.78 Å². The van der Waals surface area contributed by atoms with Gasteiger partial charge in [-0.05, 0) is 11.5 Å². The number of hydrogen-bond donors (Lipinski definition) is 1. The van der Waals surface area contributed by atoms with Crippen LogP contribution >= 0.6 is 11.6 Å². The van der Waals surface area contributed by atoms with E-state index in [2.05, 4.69) is 0 Å². The van der Waals surface area contributed by atoms with Crippen molar-refractivity contribution in [2.75, 3.05) is 6.61 Å². The molecule has 0 radical (unpaired) electrons. The minimum absolute atomic E-state index is 0.238.